The van der Waals surface area contributed by atoms with E-state index >= 15 is 0 Å². The highest BCUT2D eigenvalue weighted by Crippen LogP contribution is 2.34. The molecule has 2 N–H and O–H groups in total. The Balaban J connectivity index is 2.10. The minimum atomic E-state index is 0.264. The molecule has 2 aromatic rings. The van der Waals surface area contributed by atoms with Gasteiger partial charge in [-0.15, -0.1) is 0 Å². The van der Waals surface area contributed by atoms with Crippen LogP contribution in [0.3, 0.4) is 0 Å². The molecule has 0 amide bonds. The number of aromatic nitrogens is 2. The molecule has 2 unspecified atom stereocenters. The lowest BCUT2D eigenvalue weighted by molar-refractivity contribution is 0.364. The third kappa shape index (κ3) is 2.51. The van der Waals surface area contributed by atoms with Crippen LogP contribution >= 0.6 is 15.9 Å². The first kappa shape index (κ1) is 14.1. The number of rotatable bonds is 3. The van der Waals surface area contributed by atoms with Crippen molar-refractivity contribution >= 4 is 27.0 Å². The van der Waals surface area contributed by atoms with Gasteiger partial charge in [0.15, 0.2) is 0 Å². The van der Waals surface area contributed by atoms with Crippen molar-refractivity contribution in [3.8, 4) is 0 Å². The van der Waals surface area contributed by atoms with E-state index in [1.807, 2.05) is 0 Å². The molecule has 1 fully saturated rings. The van der Waals surface area contributed by atoms with Crippen LogP contribution in [-0.2, 0) is 6.54 Å². The quantitative estimate of drug-likeness (QED) is 0.913. The normalized spacial score (nSPS) is 23.4. The fourth-order valence-electron chi connectivity index (χ4n) is 3.34. The first-order valence-electron chi connectivity index (χ1n) is 7.62. The molecule has 1 aliphatic carbocycles. The van der Waals surface area contributed by atoms with Gasteiger partial charge in [-0.25, -0.2) is 4.98 Å². The second-order valence-corrected chi connectivity index (χ2v) is 6.73. The second-order valence-electron chi connectivity index (χ2n) is 5.81. The predicted molar refractivity (Wildman–Crippen MR) is 86.9 cm³/mol. The van der Waals surface area contributed by atoms with Gasteiger partial charge < -0.3 is 10.3 Å². The topological polar surface area (TPSA) is 43.8 Å². The lowest BCUT2D eigenvalue weighted by Gasteiger charge is -2.28. The lowest BCUT2D eigenvalue weighted by atomic mass is 9.84. The van der Waals surface area contributed by atoms with E-state index in [1.54, 1.807) is 0 Å². The van der Waals surface area contributed by atoms with Gasteiger partial charge in [0.2, 0.25) is 0 Å². The van der Waals surface area contributed by atoms with Crippen molar-refractivity contribution in [1.82, 2.24) is 9.55 Å². The van der Waals surface area contributed by atoms with Crippen LogP contribution in [0.2, 0.25) is 0 Å². The fraction of sp³-hybridized carbons (Fsp3) is 0.562. The summed E-state index contributed by atoms with van der Waals surface area (Å²) in [6, 6.07) is 6.64. The van der Waals surface area contributed by atoms with E-state index in [4.69, 9.17) is 10.7 Å². The molecule has 0 radical (unpaired) electrons. The van der Waals surface area contributed by atoms with Crippen molar-refractivity contribution in [2.45, 2.75) is 57.5 Å². The van der Waals surface area contributed by atoms with Gasteiger partial charge >= 0.3 is 0 Å². The molecule has 1 aliphatic rings. The van der Waals surface area contributed by atoms with E-state index in [0.29, 0.717) is 5.92 Å². The standard InChI is InChI=1S/C16H22BrN3/c1-2-9-20-15-8-7-11(17)10-14(15)19-16(20)12-5-3-4-6-13(12)18/h7-8,10,12-13H,2-6,9,18H2,1H3. The summed E-state index contributed by atoms with van der Waals surface area (Å²) >= 11 is 3.54. The number of hydrogen-bond donors (Lipinski definition) is 1. The van der Waals surface area contributed by atoms with E-state index in [1.165, 1.54) is 30.6 Å². The minimum absolute atomic E-state index is 0.264. The molecular formula is C16H22BrN3. The van der Waals surface area contributed by atoms with E-state index in [0.717, 1.165) is 29.4 Å². The summed E-state index contributed by atoms with van der Waals surface area (Å²) in [7, 11) is 0. The molecule has 0 saturated heterocycles. The van der Waals surface area contributed by atoms with Gasteiger partial charge in [0.25, 0.3) is 0 Å². The summed E-state index contributed by atoms with van der Waals surface area (Å²) in [6.07, 6.45) is 5.96. The van der Waals surface area contributed by atoms with Gasteiger partial charge in [0.05, 0.1) is 11.0 Å². The van der Waals surface area contributed by atoms with Crippen LogP contribution in [0.15, 0.2) is 22.7 Å². The second kappa shape index (κ2) is 5.86. The van der Waals surface area contributed by atoms with Crippen molar-refractivity contribution in [1.29, 1.82) is 0 Å². The van der Waals surface area contributed by atoms with Gasteiger partial charge in [0, 0.05) is 23.0 Å². The fourth-order valence-corrected chi connectivity index (χ4v) is 3.69. The molecule has 4 heteroatoms. The summed E-state index contributed by atoms with van der Waals surface area (Å²) in [5.74, 6) is 1.62. The number of fused-ring (bicyclic) bond motifs is 1. The van der Waals surface area contributed by atoms with Crippen LogP contribution in [0.25, 0.3) is 11.0 Å². The highest BCUT2D eigenvalue weighted by Gasteiger charge is 2.28. The molecule has 1 aromatic carbocycles. The zero-order chi connectivity index (χ0) is 14.1. The molecule has 3 rings (SSSR count). The number of halogens is 1. The number of nitrogens with zero attached hydrogens (tertiary/aromatic N) is 2. The highest BCUT2D eigenvalue weighted by molar-refractivity contribution is 9.10. The van der Waals surface area contributed by atoms with Crippen LogP contribution < -0.4 is 5.73 Å². The number of nitrogens with two attached hydrogens (primary N) is 1. The molecule has 1 saturated carbocycles. The average Bonchev–Trinajstić information content (AvgIpc) is 2.77. The van der Waals surface area contributed by atoms with E-state index in [2.05, 4.69) is 45.6 Å². The zero-order valence-corrected chi connectivity index (χ0v) is 13.6. The number of aryl methyl sites for hydroxylation is 1. The molecule has 0 bridgehead atoms. The Morgan fingerprint density at radius 3 is 2.90 bits per heavy atom. The Hall–Kier alpha value is -0.870. The van der Waals surface area contributed by atoms with Crippen LogP contribution in [0.4, 0.5) is 0 Å². The van der Waals surface area contributed by atoms with Crippen molar-refractivity contribution in [2.24, 2.45) is 5.73 Å². The molecule has 1 aromatic heterocycles. The van der Waals surface area contributed by atoms with Crippen LogP contribution in [0.5, 0.6) is 0 Å². The summed E-state index contributed by atoms with van der Waals surface area (Å²) in [6.45, 7) is 3.24. The molecule has 1 heterocycles. The number of benzene rings is 1. The first-order valence-corrected chi connectivity index (χ1v) is 8.41. The van der Waals surface area contributed by atoms with Crippen molar-refractivity contribution in [3.63, 3.8) is 0 Å². The number of imidazole rings is 1. The summed E-state index contributed by atoms with van der Waals surface area (Å²) in [5.41, 5.74) is 8.69. The molecule has 108 valence electrons. The molecule has 20 heavy (non-hydrogen) atoms. The molecular weight excluding hydrogens is 314 g/mol. The van der Waals surface area contributed by atoms with Gasteiger partial charge in [0.1, 0.15) is 5.82 Å². The van der Waals surface area contributed by atoms with Gasteiger partial charge in [-0.05, 0) is 37.5 Å². The molecule has 2 atom stereocenters. The van der Waals surface area contributed by atoms with Crippen LogP contribution in [0, 0.1) is 0 Å². The monoisotopic (exact) mass is 335 g/mol. The van der Waals surface area contributed by atoms with E-state index < -0.39 is 0 Å². The van der Waals surface area contributed by atoms with Crippen molar-refractivity contribution in [3.05, 3.63) is 28.5 Å². The molecule has 0 spiro atoms. The molecule has 0 aliphatic heterocycles. The summed E-state index contributed by atoms with van der Waals surface area (Å²) in [4.78, 5) is 4.92. The third-order valence-corrected chi connectivity index (χ3v) is 4.83. The third-order valence-electron chi connectivity index (χ3n) is 4.34. The van der Waals surface area contributed by atoms with Gasteiger partial charge in [-0.2, -0.15) is 0 Å². The van der Waals surface area contributed by atoms with E-state index in [9.17, 15) is 0 Å². The van der Waals surface area contributed by atoms with E-state index in [-0.39, 0.29) is 6.04 Å². The maximum Gasteiger partial charge on any atom is 0.114 e. The lowest BCUT2D eigenvalue weighted by Crippen LogP contribution is -2.33. The maximum atomic E-state index is 6.37. The molecule has 3 nitrogen and oxygen atoms in total. The predicted octanol–water partition coefficient (Wildman–Crippen LogP) is 4.19. The van der Waals surface area contributed by atoms with Crippen molar-refractivity contribution in [2.75, 3.05) is 0 Å². The largest absolute Gasteiger partial charge is 0.328 e. The SMILES string of the molecule is CCCn1c(C2CCCCC2N)nc2cc(Br)ccc21. The highest BCUT2D eigenvalue weighted by atomic mass is 79.9. The number of hydrogen-bond acceptors (Lipinski definition) is 2. The van der Waals surface area contributed by atoms with Gasteiger partial charge in [-0.1, -0.05) is 35.7 Å². The zero-order valence-electron chi connectivity index (χ0n) is 12.0. The van der Waals surface area contributed by atoms with Gasteiger partial charge in [-0.3, -0.25) is 0 Å². The maximum absolute atomic E-state index is 6.37. The Bertz CT molecular complexity index is 605. The first-order chi connectivity index (χ1) is 9.70. The Kier molecular flexibility index (Phi) is 4.13. The van der Waals surface area contributed by atoms with Crippen molar-refractivity contribution < 1.29 is 0 Å². The van der Waals surface area contributed by atoms with Crippen LogP contribution in [-0.4, -0.2) is 15.6 Å². The summed E-state index contributed by atoms with van der Waals surface area (Å²) < 4.78 is 3.48. The smallest absolute Gasteiger partial charge is 0.114 e. The Labute approximate surface area is 128 Å². The minimum Gasteiger partial charge on any atom is -0.328 e. The Morgan fingerprint density at radius 1 is 1.35 bits per heavy atom. The Morgan fingerprint density at radius 2 is 2.15 bits per heavy atom. The summed E-state index contributed by atoms with van der Waals surface area (Å²) in [5, 5.41) is 0. The average molecular weight is 336 g/mol. The van der Waals surface area contributed by atoms with Crippen LogP contribution in [0.1, 0.15) is 50.8 Å².